The largest absolute Gasteiger partial charge is 0.274 e. The number of aromatic nitrogens is 2. The van der Waals surface area contributed by atoms with Crippen molar-refractivity contribution in [2.45, 2.75) is 12.8 Å². The molecule has 1 aromatic heterocycles. The molecule has 118 valence electrons. The Morgan fingerprint density at radius 2 is 1.75 bits per heavy atom. The third kappa shape index (κ3) is 2.34. The van der Waals surface area contributed by atoms with Gasteiger partial charge in [-0.05, 0) is 36.8 Å². The highest BCUT2D eigenvalue weighted by Gasteiger charge is 2.29. The molecule has 0 N–H and O–H groups in total. The zero-order valence-corrected chi connectivity index (χ0v) is 13.0. The van der Waals surface area contributed by atoms with Crippen molar-refractivity contribution in [3.63, 3.8) is 0 Å². The fraction of sp³-hybridized carbons (Fsp3) is 0.105. The van der Waals surface area contributed by atoms with Crippen LogP contribution in [-0.2, 0) is 0 Å². The molecule has 0 aliphatic carbocycles. The first-order chi connectivity index (χ1) is 11.6. The smallest absolute Gasteiger partial charge is 0.267 e. The molecule has 0 saturated heterocycles. The van der Waals surface area contributed by atoms with Crippen molar-refractivity contribution in [2.24, 2.45) is 5.10 Å². The van der Waals surface area contributed by atoms with Crippen molar-refractivity contribution in [1.82, 2.24) is 9.66 Å². The van der Waals surface area contributed by atoms with Gasteiger partial charge in [0.05, 0.1) is 17.3 Å². The van der Waals surface area contributed by atoms with Gasteiger partial charge in [-0.1, -0.05) is 30.3 Å². The minimum absolute atomic E-state index is 0.153. The quantitative estimate of drug-likeness (QED) is 0.726. The molecule has 24 heavy (non-hydrogen) atoms. The Bertz CT molecular complexity index is 991. The molecule has 3 aromatic rings. The first-order valence-corrected chi connectivity index (χ1v) is 7.64. The van der Waals surface area contributed by atoms with E-state index in [1.165, 1.54) is 22.9 Å². The fourth-order valence-corrected chi connectivity index (χ4v) is 2.99. The van der Waals surface area contributed by atoms with Crippen molar-refractivity contribution in [2.75, 3.05) is 0 Å². The molecule has 5 heteroatoms. The highest BCUT2D eigenvalue weighted by molar-refractivity contribution is 5.92. The molecule has 1 unspecified atom stereocenters. The molecule has 0 fully saturated rings. The van der Waals surface area contributed by atoms with E-state index in [1.807, 2.05) is 37.3 Å². The monoisotopic (exact) mass is 319 g/mol. The third-order valence-corrected chi connectivity index (χ3v) is 4.13. The Balaban J connectivity index is 1.88. The first-order valence-electron chi connectivity index (χ1n) is 7.64. The molecule has 1 atom stereocenters. The van der Waals surface area contributed by atoms with Crippen LogP contribution in [0.3, 0.4) is 0 Å². The van der Waals surface area contributed by atoms with Gasteiger partial charge in [0, 0.05) is 11.6 Å². The summed E-state index contributed by atoms with van der Waals surface area (Å²) in [4.78, 5) is 17.1. The molecule has 4 nitrogen and oxygen atoms in total. The maximum Gasteiger partial charge on any atom is 0.274 e. The summed E-state index contributed by atoms with van der Waals surface area (Å²) in [5.74, 6) is 0.114. The van der Waals surface area contributed by atoms with Crippen molar-refractivity contribution in [3.8, 4) is 11.3 Å². The number of nitrogens with zero attached hydrogens (tertiary/aromatic N) is 3. The van der Waals surface area contributed by atoms with E-state index in [4.69, 9.17) is 0 Å². The van der Waals surface area contributed by atoms with E-state index in [-0.39, 0.29) is 17.3 Å². The Kier molecular flexibility index (Phi) is 3.34. The molecule has 2 heterocycles. The minimum atomic E-state index is -0.321. The van der Waals surface area contributed by atoms with E-state index in [9.17, 15) is 9.18 Å². The number of rotatable bonds is 2. The Morgan fingerprint density at radius 1 is 1.04 bits per heavy atom. The van der Waals surface area contributed by atoms with E-state index >= 15 is 0 Å². The zero-order valence-electron chi connectivity index (χ0n) is 13.0. The molecule has 0 spiro atoms. The van der Waals surface area contributed by atoms with Crippen molar-refractivity contribution in [3.05, 3.63) is 88.2 Å². The molecular formula is C19H14FN3O. The van der Waals surface area contributed by atoms with Gasteiger partial charge in [0.15, 0.2) is 0 Å². The van der Waals surface area contributed by atoms with Gasteiger partial charge < -0.3 is 0 Å². The second-order valence-electron chi connectivity index (χ2n) is 5.74. The van der Waals surface area contributed by atoms with Crippen LogP contribution in [-0.4, -0.2) is 15.4 Å². The lowest BCUT2D eigenvalue weighted by Crippen LogP contribution is -2.20. The highest BCUT2D eigenvalue weighted by atomic mass is 19.1. The number of fused-ring (bicyclic) bond motifs is 1. The van der Waals surface area contributed by atoms with Gasteiger partial charge in [0.25, 0.3) is 5.56 Å². The third-order valence-electron chi connectivity index (χ3n) is 4.13. The Morgan fingerprint density at radius 3 is 2.46 bits per heavy atom. The first kappa shape index (κ1) is 14.5. The maximum atomic E-state index is 13.1. The number of hydrogen-bond donors (Lipinski definition) is 0. The fourth-order valence-electron chi connectivity index (χ4n) is 2.99. The van der Waals surface area contributed by atoms with Crippen LogP contribution in [0.4, 0.5) is 4.39 Å². The minimum Gasteiger partial charge on any atom is -0.267 e. The SMILES string of the molecule is CC1=Nn2c(nc(-c3ccc(F)cc3)cc2=O)C1c1ccccc1. The highest BCUT2D eigenvalue weighted by Crippen LogP contribution is 2.30. The number of benzene rings is 2. The van der Waals surface area contributed by atoms with E-state index < -0.39 is 0 Å². The van der Waals surface area contributed by atoms with E-state index in [0.29, 0.717) is 17.1 Å². The topological polar surface area (TPSA) is 47.2 Å². The van der Waals surface area contributed by atoms with Gasteiger partial charge in [0.1, 0.15) is 11.6 Å². The summed E-state index contributed by atoms with van der Waals surface area (Å²) in [6.07, 6.45) is 0. The van der Waals surface area contributed by atoms with Crippen LogP contribution in [0.15, 0.2) is 70.6 Å². The van der Waals surface area contributed by atoms with Gasteiger partial charge in [-0.15, -0.1) is 0 Å². The summed E-state index contributed by atoms with van der Waals surface area (Å²) >= 11 is 0. The van der Waals surface area contributed by atoms with Gasteiger partial charge in [-0.2, -0.15) is 9.78 Å². The van der Waals surface area contributed by atoms with Crippen LogP contribution in [0.1, 0.15) is 24.2 Å². The van der Waals surface area contributed by atoms with Gasteiger partial charge in [-0.3, -0.25) is 4.79 Å². The molecule has 4 rings (SSSR count). The summed E-state index contributed by atoms with van der Waals surface area (Å²) in [5, 5.41) is 4.36. The normalized spacial score (nSPS) is 15.9. The van der Waals surface area contributed by atoms with E-state index in [0.717, 1.165) is 11.3 Å². The number of halogens is 1. The number of hydrogen-bond acceptors (Lipinski definition) is 3. The molecule has 0 radical (unpaired) electrons. The van der Waals surface area contributed by atoms with Gasteiger partial charge in [-0.25, -0.2) is 9.37 Å². The average Bonchev–Trinajstić information content (AvgIpc) is 2.93. The molecule has 0 amide bonds. The van der Waals surface area contributed by atoms with Crippen LogP contribution in [0.25, 0.3) is 11.3 Å². The Labute approximate surface area is 137 Å². The Hall–Kier alpha value is -3.08. The zero-order chi connectivity index (χ0) is 16.7. The summed E-state index contributed by atoms with van der Waals surface area (Å²) in [6.45, 7) is 1.89. The second kappa shape index (κ2) is 5.53. The van der Waals surface area contributed by atoms with Gasteiger partial charge in [0.2, 0.25) is 0 Å². The van der Waals surface area contributed by atoms with Gasteiger partial charge >= 0.3 is 0 Å². The predicted molar refractivity (Wildman–Crippen MR) is 90.7 cm³/mol. The molecule has 1 aliphatic rings. The standard InChI is InChI=1S/C19H14FN3O/c1-12-18(14-5-3-2-4-6-14)19-21-16(11-17(24)23(19)22-12)13-7-9-15(20)10-8-13/h2-11,18H,1H3. The lowest BCUT2D eigenvalue weighted by molar-refractivity contribution is 0.628. The summed E-state index contributed by atoms with van der Waals surface area (Å²) in [6, 6.07) is 17.2. The van der Waals surface area contributed by atoms with Crippen molar-refractivity contribution >= 4 is 5.71 Å². The summed E-state index contributed by atoms with van der Waals surface area (Å²) < 4.78 is 14.5. The lowest BCUT2D eigenvalue weighted by atomic mass is 9.94. The van der Waals surface area contributed by atoms with Crippen LogP contribution in [0, 0.1) is 5.82 Å². The maximum absolute atomic E-state index is 13.1. The van der Waals surface area contributed by atoms with Crippen LogP contribution < -0.4 is 5.56 Å². The molecular weight excluding hydrogens is 305 g/mol. The van der Waals surface area contributed by atoms with Crippen LogP contribution in [0.5, 0.6) is 0 Å². The average molecular weight is 319 g/mol. The summed E-state index contributed by atoms with van der Waals surface area (Å²) in [7, 11) is 0. The molecule has 2 aromatic carbocycles. The van der Waals surface area contributed by atoms with Crippen LogP contribution >= 0.6 is 0 Å². The molecule has 1 aliphatic heterocycles. The van der Waals surface area contributed by atoms with Crippen molar-refractivity contribution < 1.29 is 4.39 Å². The van der Waals surface area contributed by atoms with Crippen LogP contribution in [0.2, 0.25) is 0 Å². The predicted octanol–water partition coefficient (Wildman–Crippen LogP) is 3.42. The second-order valence-corrected chi connectivity index (χ2v) is 5.74. The molecule has 0 saturated carbocycles. The van der Waals surface area contributed by atoms with E-state index in [2.05, 4.69) is 10.1 Å². The summed E-state index contributed by atoms with van der Waals surface area (Å²) in [5.41, 5.74) is 2.85. The van der Waals surface area contributed by atoms with Crippen molar-refractivity contribution in [1.29, 1.82) is 0 Å². The van der Waals surface area contributed by atoms with E-state index in [1.54, 1.807) is 12.1 Å². The lowest BCUT2D eigenvalue weighted by Gasteiger charge is -2.12. The molecule has 0 bridgehead atoms.